The smallest absolute Gasteiger partial charge is 0.258 e. The number of rotatable bonds is 5. The third kappa shape index (κ3) is 4.28. The van der Waals surface area contributed by atoms with Crippen LogP contribution in [0.2, 0.25) is 5.02 Å². The van der Waals surface area contributed by atoms with Gasteiger partial charge in [0.15, 0.2) is 6.61 Å². The summed E-state index contributed by atoms with van der Waals surface area (Å²) in [4.78, 5) is 11.3. The van der Waals surface area contributed by atoms with Crippen LogP contribution < -0.4 is 15.8 Å². The van der Waals surface area contributed by atoms with Crippen LogP contribution in [0.1, 0.15) is 18.5 Å². The third-order valence-electron chi connectivity index (χ3n) is 2.21. The summed E-state index contributed by atoms with van der Waals surface area (Å²) in [6, 6.07) is 4.87. The third-order valence-corrected chi connectivity index (χ3v) is 2.44. The highest BCUT2D eigenvalue weighted by Crippen LogP contribution is 2.27. The lowest BCUT2D eigenvalue weighted by molar-refractivity contribution is -0.122. The Morgan fingerprint density at radius 2 is 2.39 bits per heavy atom. The minimum Gasteiger partial charge on any atom is -0.483 e. The second kappa shape index (κ2) is 6.90. The summed E-state index contributed by atoms with van der Waals surface area (Å²) in [5.41, 5.74) is 6.56. The fourth-order valence-electron chi connectivity index (χ4n) is 1.35. The molecular weight excluding hydrogens is 252 g/mol. The number of halogens is 1. The molecular formula is C13H15ClN2O2. The van der Waals surface area contributed by atoms with E-state index in [4.69, 9.17) is 28.5 Å². The molecule has 0 aliphatic heterocycles. The standard InChI is InChI=1S/C13H15ClN2O2/c1-3-6-16-13(17)8-18-12-5-4-10(14)7-11(12)9(2)15/h1,4-5,7,9H,6,8,15H2,2H3,(H,16,17)/t9-/m1/s1. The van der Waals surface area contributed by atoms with Crippen LogP contribution >= 0.6 is 11.6 Å². The molecule has 1 aromatic carbocycles. The van der Waals surface area contributed by atoms with Gasteiger partial charge < -0.3 is 15.8 Å². The van der Waals surface area contributed by atoms with E-state index in [1.807, 2.05) is 6.92 Å². The van der Waals surface area contributed by atoms with E-state index in [1.165, 1.54) is 0 Å². The number of carbonyl (C=O) groups is 1. The summed E-state index contributed by atoms with van der Waals surface area (Å²) in [5, 5.41) is 3.08. The Hall–Kier alpha value is -1.70. The van der Waals surface area contributed by atoms with E-state index >= 15 is 0 Å². The highest BCUT2D eigenvalue weighted by molar-refractivity contribution is 6.30. The van der Waals surface area contributed by atoms with E-state index in [1.54, 1.807) is 18.2 Å². The van der Waals surface area contributed by atoms with Gasteiger partial charge in [-0.1, -0.05) is 17.5 Å². The van der Waals surface area contributed by atoms with Gasteiger partial charge in [-0.3, -0.25) is 4.79 Å². The van der Waals surface area contributed by atoms with Gasteiger partial charge in [-0.05, 0) is 25.1 Å². The van der Waals surface area contributed by atoms with Crippen molar-refractivity contribution in [2.75, 3.05) is 13.2 Å². The minimum atomic E-state index is -0.279. The van der Waals surface area contributed by atoms with Crippen LogP contribution in [0.25, 0.3) is 0 Å². The summed E-state index contributed by atoms with van der Waals surface area (Å²) in [7, 11) is 0. The molecule has 0 spiro atoms. The Morgan fingerprint density at radius 1 is 1.67 bits per heavy atom. The number of nitrogens with one attached hydrogen (secondary N) is 1. The summed E-state index contributed by atoms with van der Waals surface area (Å²) < 4.78 is 5.39. The van der Waals surface area contributed by atoms with Gasteiger partial charge in [-0.25, -0.2) is 0 Å². The molecule has 0 radical (unpaired) electrons. The molecule has 0 unspecified atom stereocenters. The molecule has 18 heavy (non-hydrogen) atoms. The van der Waals surface area contributed by atoms with Gasteiger partial charge in [0.05, 0.1) is 6.54 Å². The highest BCUT2D eigenvalue weighted by Gasteiger charge is 2.10. The molecule has 4 nitrogen and oxygen atoms in total. The summed E-state index contributed by atoms with van der Waals surface area (Å²) in [5.74, 6) is 2.58. The number of terminal acetylenes is 1. The second-order valence-corrected chi connectivity index (χ2v) is 4.18. The van der Waals surface area contributed by atoms with E-state index in [0.29, 0.717) is 10.8 Å². The largest absolute Gasteiger partial charge is 0.483 e. The van der Waals surface area contributed by atoms with E-state index in [0.717, 1.165) is 5.56 Å². The van der Waals surface area contributed by atoms with E-state index < -0.39 is 0 Å². The number of hydrogen-bond donors (Lipinski definition) is 2. The van der Waals surface area contributed by atoms with Crippen LogP contribution in [-0.2, 0) is 4.79 Å². The molecule has 0 heterocycles. The molecule has 5 heteroatoms. The SMILES string of the molecule is C#CCNC(=O)COc1ccc(Cl)cc1[C@@H](C)N. The average Bonchev–Trinajstić information content (AvgIpc) is 2.34. The first kappa shape index (κ1) is 14.4. The first-order valence-electron chi connectivity index (χ1n) is 5.42. The number of ether oxygens (including phenoxy) is 1. The maximum absolute atomic E-state index is 11.3. The van der Waals surface area contributed by atoms with Crippen LogP contribution in [0.15, 0.2) is 18.2 Å². The fourth-order valence-corrected chi connectivity index (χ4v) is 1.53. The van der Waals surface area contributed by atoms with Crippen molar-refractivity contribution in [1.29, 1.82) is 0 Å². The van der Waals surface area contributed by atoms with Crippen molar-refractivity contribution >= 4 is 17.5 Å². The van der Waals surface area contributed by atoms with Crippen molar-refractivity contribution in [1.82, 2.24) is 5.32 Å². The molecule has 1 rings (SSSR count). The predicted molar refractivity (Wildman–Crippen MR) is 71.4 cm³/mol. The number of benzene rings is 1. The number of nitrogens with two attached hydrogens (primary N) is 1. The van der Waals surface area contributed by atoms with Gasteiger partial charge in [0.25, 0.3) is 5.91 Å². The number of amides is 1. The van der Waals surface area contributed by atoms with Crippen molar-refractivity contribution in [2.45, 2.75) is 13.0 Å². The zero-order valence-electron chi connectivity index (χ0n) is 10.1. The molecule has 0 aromatic heterocycles. The molecule has 1 atom stereocenters. The maximum Gasteiger partial charge on any atom is 0.258 e. The first-order chi connectivity index (χ1) is 8.54. The molecule has 0 bridgehead atoms. The minimum absolute atomic E-state index is 0.108. The summed E-state index contributed by atoms with van der Waals surface area (Å²) >= 11 is 5.88. The van der Waals surface area contributed by atoms with Gasteiger partial charge in [0, 0.05) is 16.6 Å². The van der Waals surface area contributed by atoms with Crippen molar-refractivity contribution in [3.63, 3.8) is 0 Å². The molecule has 96 valence electrons. The highest BCUT2D eigenvalue weighted by atomic mass is 35.5. The molecule has 0 saturated heterocycles. The van der Waals surface area contributed by atoms with Gasteiger partial charge >= 0.3 is 0 Å². The second-order valence-electron chi connectivity index (χ2n) is 3.74. The van der Waals surface area contributed by atoms with Crippen LogP contribution in [0.3, 0.4) is 0 Å². The molecule has 1 aromatic rings. The molecule has 3 N–H and O–H groups in total. The monoisotopic (exact) mass is 266 g/mol. The number of carbonyl (C=O) groups excluding carboxylic acids is 1. The van der Waals surface area contributed by atoms with Crippen molar-refractivity contribution in [3.8, 4) is 18.1 Å². The van der Waals surface area contributed by atoms with Crippen molar-refractivity contribution < 1.29 is 9.53 Å². The van der Waals surface area contributed by atoms with E-state index in [9.17, 15) is 4.79 Å². The van der Waals surface area contributed by atoms with Gasteiger partial charge in [-0.2, -0.15) is 0 Å². The number of hydrogen-bond acceptors (Lipinski definition) is 3. The quantitative estimate of drug-likeness (QED) is 0.794. The lowest BCUT2D eigenvalue weighted by Crippen LogP contribution is -2.29. The Labute approximate surface area is 111 Å². The lowest BCUT2D eigenvalue weighted by atomic mass is 10.1. The van der Waals surface area contributed by atoms with Crippen molar-refractivity contribution in [3.05, 3.63) is 28.8 Å². The van der Waals surface area contributed by atoms with Crippen LogP contribution in [-0.4, -0.2) is 19.1 Å². The van der Waals surface area contributed by atoms with E-state index in [-0.39, 0.29) is 25.1 Å². The molecule has 0 fully saturated rings. The van der Waals surface area contributed by atoms with E-state index in [2.05, 4.69) is 11.2 Å². The van der Waals surface area contributed by atoms with Crippen LogP contribution in [0, 0.1) is 12.3 Å². The normalized spacial score (nSPS) is 11.4. The fraction of sp³-hybridized carbons (Fsp3) is 0.308. The Balaban J connectivity index is 2.67. The summed E-state index contributed by atoms with van der Waals surface area (Å²) in [6.45, 7) is 1.89. The van der Waals surface area contributed by atoms with Gasteiger partial charge in [-0.15, -0.1) is 6.42 Å². The maximum atomic E-state index is 11.3. The molecule has 0 saturated carbocycles. The average molecular weight is 267 g/mol. The topological polar surface area (TPSA) is 64.3 Å². The Kier molecular flexibility index (Phi) is 5.50. The van der Waals surface area contributed by atoms with Gasteiger partial charge in [0.1, 0.15) is 5.75 Å². The Bertz CT molecular complexity index is 467. The van der Waals surface area contributed by atoms with Crippen LogP contribution in [0.4, 0.5) is 0 Å². The zero-order chi connectivity index (χ0) is 13.5. The predicted octanol–water partition coefficient (Wildman–Crippen LogP) is 1.49. The van der Waals surface area contributed by atoms with Gasteiger partial charge in [0.2, 0.25) is 0 Å². The molecule has 0 aliphatic carbocycles. The van der Waals surface area contributed by atoms with Crippen LogP contribution in [0.5, 0.6) is 5.75 Å². The zero-order valence-corrected chi connectivity index (χ0v) is 10.8. The lowest BCUT2D eigenvalue weighted by Gasteiger charge is -2.14. The van der Waals surface area contributed by atoms with Crippen molar-refractivity contribution in [2.24, 2.45) is 5.73 Å². The Morgan fingerprint density at radius 3 is 3.00 bits per heavy atom. The first-order valence-corrected chi connectivity index (χ1v) is 5.80. The molecule has 0 aliphatic rings. The molecule has 1 amide bonds. The summed E-state index contributed by atoms with van der Waals surface area (Å²) in [6.07, 6.45) is 5.03.